The average Bonchev–Trinajstić information content (AvgIpc) is 2.80. The maximum Gasteiger partial charge on any atom is 0.346 e. The van der Waals surface area contributed by atoms with Crippen molar-refractivity contribution in [1.29, 1.82) is 0 Å². The summed E-state index contributed by atoms with van der Waals surface area (Å²) in [5, 5.41) is 0. The first-order chi connectivity index (χ1) is 14.6. The molecule has 2 aromatic carbocycles. The number of unbranched alkanes of at least 4 members (excludes halogenated alkanes) is 2. The van der Waals surface area contributed by atoms with Crippen molar-refractivity contribution in [3.63, 3.8) is 0 Å². The van der Waals surface area contributed by atoms with Crippen LogP contribution in [0.3, 0.4) is 0 Å². The van der Waals surface area contributed by atoms with E-state index < -0.39 is 12.1 Å². The Balaban J connectivity index is 1.64. The molecule has 30 heavy (non-hydrogen) atoms. The van der Waals surface area contributed by atoms with E-state index in [0.717, 1.165) is 23.1 Å². The molecule has 5 heteroatoms. The molecule has 0 aliphatic heterocycles. The van der Waals surface area contributed by atoms with Gasteiger partial charge in [-0.2, -0.15) is 0 Å². The molecule has 5 nitrogen and oxygen atoms in total. The molecule has 0 aliphatic carbocycles. The lowest BCUT2D eigenvalue weighted by atomic mass is 10.0. The molecule has 0 N–H and O–H groups in total. The fourth-order valence-electron chi connectivity index (χ4n) is 3.17. The number of hydrogen-bond donors (Lipinski definition) is 0. The third-order valence-corrected chi connectivity index (χ3v) is 4.97. The molecule has 1 unspecified atom stereocenters. The zero-order valence-electron chi connectivity index (χ0n) is 17.8. The molecule has 1 aromatic heterocycles. The van der Waals surface area contributed by atoms with E-state index in [0.29, 0.717) is 11.6 Å². The first-order valence-corrected chi connectivity index (χ1v) is 10.4. The number of benzene rings is 2. The van der Waals surface area contributed by atoms with Crippen LogP contribution in [0, 0.1) is 0 Å². The van der Waals surface area contributed by atoms with Crippen molar-refractivity contribution >= 4 is 5.97 Å². The Morgan fingerprint density at radius 1 is 0.900 bits per heavy atom. The molecule has 0 saturated carbocycles. The van der Waals surface area contributed by atoms with Crippen molar-refractivity contribution in [3.05, 3.63) is 66.5 Å². The number of methoxy groups -OCH3 is 1. The molecule has 0 spiro atoms. The third-order valence-electron chi connectivity index (χ3n) is 4.97. The maximum atomic E-state index is 11.5. The molecule has 3 aromatic rings. The molecular formula is C25H28N2O3. The summed E-state index contributed by atoms with van der Waals surface area (Å²) >= 11 is 0. The highest BCUT2D eigenvalue weighted by Gasteiger charge is 2.14. The summed E-state index contributed by atoms with van der Waals surface area (Å²) in [5.41, 5.74) is 4.35. The van der Waals surface area contributed by atoms with Crippen molar-refractivity contribution in [2.24, 2.45) is 0 Å². The van der Waals surface area contributed by atoms with Crippen LogP contribution >= 0.6 is 0 Å². The lowest BCUT2D eigenvalue weighted by Crippen LogP contribution is -2.24. The summed E-state index contributed by atoms with van der Waals surface area (Å²) in [4.78, 5) is 20.5. The summed E-state index contributed by atoms with van der Waals surface area (Å²) in [6.45, 7) is 3.87. The fraction of sp³-hybridized carbons (Fsp3) is 0.320. The number of carbonyl (C=O) groups excluding carboxylic acids is 1. The number of esters is 1. The van der Waals surface area contributed by atoms with Crippen LogP contribution in [0.15, 0.2) is 60.9 Å². The van der Waals surface area contributed by atoms with Crippen LogP contribution in [-0.2, 0) is 16.0 Å². The number of nitrogens with zero attached hydrogens (tertiary/aromatic N) is 2. The van der Waals surface area contributed by atoms with E-state index >= 15 is 0 Å². The van der Waals surface area contributed by atoms with Gasteiger partial charge in [-0.15, -0.1) is 0 Å². The highest BCUT2D eigenvalue weighted by atomic mass is 16.6. The number of aromatic nitrogens is 2. The first-order valence-electron chi connectivity index (χ1n) is 10.4. The van der Waals surface area contributed by atoms with Gasteiger partial charge in [0.1, 0.15) is 5.75 Å². The predicted octanol–water partition coefficient (Wildman–Crippen LogP) is 5.48. The molecule has 156 valence electrons. The van der Waals surface area contributed by atoms with Crippen molar-refractivity contribution in [2.45, 2.75) is 45.6 Å². The van der Waals surface area contributed by atoms with Gasteiger partial charge in [0, 0.05) is 23.5 Å². The van der Waals surface area contributed by atoms with E-state index in [1.54, 1.807) is 19.1 Å². The Kier molecular flexibility index (Phi) is 7.55. The normalized spacial score (nSPS) is 11.7. The average molecular weight is 405 g/mol. The number of carbonyl (C=O) groups is 1. The summed E-state index contributed by atoms with van der Waals surface area (Å²) in [6.07, 6.45) is 7.91. The van der Waals surface area contributed by atoms with Gasteiger partial charge in [-0.3, -0.25) is 0 Å². The summed E-state index contributed by atoms with van der Waals surface area (Å²) in [6, 6.07) is 16.0. The van der Waals surface area contributed by atoms with Crippen molar-refractivity contribution in [1.82, 2.24) is 9.97 Å². The zero-order valence-corrected chi connectivity index (χ0v) is 17.8. The van der Waals surface area contributed by atoms with Gasteiger partial charge in [0.2, 0.25) is 0 Å². The minimum Gasteiger partial charge on any atom is -0.479 e. The number of rotatable bonds is 9. The highest BCUT2D eigenvalue weighted by molar-refractivity contribution is 5.74. The van der Waals surface area contributed by atoms with Crippen molar-refractivity contribution < 1.29 is 14.3 Å². The summed E-state index contributed by atoms with van der Waals surface area (Å²) < 4.78 is 10.2. The summed E-state index contributed by atoms with van der Waals surface area (Å²) in [5.74, 6) is 0.821. The lowest BCUT2D eigenvalue weighted by molar-refractivity contribution is -0.147. The van der Waals surface area contributed by atoms with Gasteiger partial charge in [-0.05, 0) is 55.2 Å². The monoisotopic (exact) mass is 404 g/mol. The van der Waals surface area contributed by atoms with Gasteiger partial charge >= 0.3 is 5.97 Å². The van der Waals surface area contributed by atoms with E-state index in [-0.39, 0.29) is 0 Å². The number of ether oxygens (including phenoxy) is 2. The topological polar surface area (TPSA) is 61.3 Å². The molecule has 3 rings (SSSR count). The SMILES string of the molecule is CCCCCc1ccc(-c2cnc(-c3ccc(OC(C)C(=O)OC)cc3)nc2)cc1. The van der Waals surface area contributed by atoms with Gasteiger partial charge < -0.3 is 9.47 Å². The predicted molar refractivity (Wildman–Crippen MR) is 118 cm³/mol. The standard InChI is InChI=1S/C25H28N2O3/c1-4-5-6-7-19-8-10-20(11-9-19)22-16-26-24(27-17-22)21-12-14-23(15-13-21)30-18(2)25(28)29-3/h8-18H,4-7H2,1-3H3. The molecule has 0 amide bonds. The molecule has 0 saturated heterocycles. The fourth-order valence-corrected chi connectivity index (χ4v) is 3.17. The van der Waals surface area contributed by atoms with E-state index in [1.165, 1.54) is 31.9 Å². The quantitative estimate of drug-likeness (QED) is 0.349. The van der Waals surface area contributed by atoms with Crippen LogP contribution in [0.4, 0.5) is 0 Å². The zero-order chi connectivity index (χ0) is 21.3. The Bertz CT molecular complexity index is 936. The maximum absolute atomic E-state index is 11.5. The largest absolute Gasteiger partial charge is 0.479 e. The third kappa shape index (κ3) is 5.66. The first kappa shape index (κ1) is 21.5. The van der Waals surface area contributed by atoms with E-state index in [1.807, 2.05) is 24.5 Å². The molecule has 0 radical (unpaired) electrons. The summed E-state index contributed by atoms with van der Waals surface area (Å²) in [7, 11) is 1.34. The van der Waals surface area contributed by atoms with Crippen LogP contribution in [0.2, 0.25) is 0 Å². The molecule has 0 aliphatic rings. The Morgan fingerprint density at radius 3 is 2.13 bits per heavy atom. The van der Waals surface area contributed by atoms with Gasteiger partial charge in [-0.1, -0.05) is 44.0 Å². The van der Waals surface area contributed by atoms with E-state index in [9.17, 15) is 4.79 Å². The van der Waals surface area contributed by atoms with Crippen molar-refractivity contribution in [3.8, 4) is 28.3 Å². The van der Waals surface area contributed by atoms with Gasteiger partial charge in [0.05, 0.1) is 7.11 Å². The van der Waals surface area contributed by atoms with E-state index in [2.05, 4.69) is 45.9 Å². The van der Waals surface area contributed by atoms with Gasteiger partial charge in [0.15, 0.2) is 11.9 Å². The van der Waals surface area contributed by atoms with Crippen molar-refractivity contribution in [2.75, 3.05) is 7.11 Å². The Labute approximate surface area is 178 Å². The van der Waals surface area contributed by atoms with Gasteiger partial charge in [-0.25, -0.2) is 14.8 Å². The second-order valence-electron chi connectivity index (χ2n) is 7.26. The second-order valence-corrected chi connectivity index (χ2v) is 7.26. The Morgan fingerprint density at radius 2 is 1.53 bits per heavy atom. The Hall–Kier alpha value is -3.21. The van der Waals surface area contributed by atoms with Crippen LogP contribution in [0.1, 0.15) is 38.7 Å². The van der Waals surface area contributed by atoms with E-state index in [4.69, 9.17) is 4.74 Å². The molecule has 0 fully saturated rings. The van der Waals surface area contributed by atoms with Crippen LogP contribution in [0.25, 0.3) is 22.5 Å². The minimum absolute atomic E-state index is 0.410. The number of hydrogen-bond acceptors (Lipinski definition) is 5. The smallest absolute Gasteiger partial charge is 0.346 e. The molecule has 1 atom stereocenters. The van der Waals surface area contributed by atoms with Crippen LogP contribution in [0.5, 0.6) is 5.75 Å². The molecule has 0 bridgehead atoms. The number of aryl methyl sites for hydroxylation is 1. The van der Waals surface area contributed by atoms with Gasteiger partial charge in [0.25, 0.3) is 0 Å². The lowest BCUT2D eigenvalue weighted by Gasteiger charge is -2.12. The van der Waals surface area contributed by atoms with Crippen LogP contribution < -0.4 is 4.74 Å². The minimum atomic E-state index is -0.658. The molecular weight excluding hydrogens is 376 g/mol. The highest BCUT2D eigenvalue weighted by Crippen LogP contribution is 2.23. The molecule has 1 heterocycles. The van der Waals surface area contributed by atoms with Crippen LogP contribution in [-0.4, -0.2) is 29.2 Å². The second kappa shape index (κ2) is 10.5.